The molecule has 11 heteroatoms. The number of aryl methyl sites for hydroxylation is 1. The van der Waals surface area contributed by atoms with Crippen LogP contribution in [-0.2, 0) is 21.9 Å². The zero-order valence-corrected chi connectivity index (χ0v) is 19.0. The fourth-order valence-corrected chi connectivity index (χ4v) is 5.68. The maximum atomic E-state index is 12.8. The SMILES string of the molecule is COc1cccc(C(NC(=O)CN(C)S(=O)(=O)c2ccc(Cl)s2)c2nccn2C)c1. The molecule has 1 amide bonds. The monoisotopic (exact) mass is 468 g/mol. The van der Waals surface area contributed by atoms with E-state index in [0.717, 1.165) is 21.2 Å². The van der Waals surface area contributed by atoms with Gasteiger partial charge in [-0.2, -0.15) is 4.31 Å². The largest absolute Gasteiger partial charge is 0.497 e. The van der Waals surface area contributed by atoms with Crippen molar-refractivity contribution in [3.8, 4) is 5.75 Å². The van der Waals surface area contributed by atoms with E-state index >= 15 is 0 Å². The molecule has 3 rings (SSSR count). The van der Waals surface area contributed by atoms with Gasteiger partial charge in [-0.1, -0.05) is 23.7 Å². The van der Waals surface area contributed by atoms with Gasteiger partial charge in [0.15, 0.2) is 0 Å². The lowest BCUT2D eigenvalue weighted by Crippen LogP contribution is -2.40. The summed E-state index contributed by atoms with van der Waals surface area (Å²) in [4.78, 5) is 17.1. The molecule has 0 aliphatic carbocycles. The molecular weight excluding hydrogens is 448 g/mol. The fraction of sp³-hybridized carbons (Fsp3) is 0.263. The van der Waals surface area contributed by atoms with Crippen molar-refractivity contribution in [1.29, 1.82) is 0 Å². The molecule has 0 fully saturated rings. The molecule has 2 aromatic heterocycles. The first-order valence-electron chi connectivity index (χ1n) is 8.84. The Balaban J connectivity index is 1.82. The number of amides is 1. The number of likely N-dealkylation sites (N-methyl/N-ethyl adjacent to an activating group) is 1. The number of methoxy groups -OCH3 is 1. The minimum absolute atomic E-state index is 0.0799. The second-order valence-electron chi connectivity index (χ2n) is 6.49. The first-order valence-corrected chi connectivity index (χ1v) is 11.5. The molecule has 1 atom stereocenters. The van der Waals surface area contributed by atoms with Gasteiger partial charge in [0.2, 0.25) is 5.91 Å². The van der Waals surface area contributed by atoms with Gasteiger partial charge in [0.1, 0.15) is 21.8 Å². The number of carbonyl (C=O) groups excluding carboxylic acids is 1. The highest BCUT2D eigenvalue weighted by Crippen LogP contribution is 2.28. The van der Waals surface area contributed by atoms with Gasteiger partial charge >= 0.3 is 0 Å². The number of hydrogen-bond acceptors (Lipinski definition) is 6. The third kappa shape index (κ3) is 4.84. The van der Waals surface area contributed by atoms with Crippen LogP contribution in [0.5, 0.6) is 5.75 Å². The maximum Gasteiger partial charge on any atom is 0.252 e. The third-order valence-corrected chi connectivity index (χ3v) is 7.93. The highest BCUT2D eigenvalue weighted by atomic mass is 35.5. The second kappa shape index (κ2) is 9.17. The van der Waals surface area contributed by atoms with Crippen molar-refractivity contribution in [3.63, 3.8) is 0 Å². The average Bonchev–Trinajstić information content (AvgIpc) is 3.34. The summed E-state index contributed by atoms with van der Waals surface area (Å²) in [6.45, 7) is -0.358. The molecular formula is C19H21ClN4O4S2. The maximum absolute atomic E-state index is 12.8. The molecule has 0 spiro atoms. The van der Waals surface area contributed by atoms with Crippen LogP contribution in [0.1, 0.15) is 17.4 Å². The lowest BCUT2D eigenvalue weighted by molar-refractivity contribution is -0.121. The Morgan fingerprint density at radius 1 is 1.37 bits per heavy atom. The molecule has 0 saturated carbocycles. The first-order chi connectivity index (χ1) is 14.2. The van der Waals surface area contributed by atoms with Crippen LogP contribution in [0.25, 0.3) is 0 Å². The second-order valence-corrected chi connectivity index (χ2v) is 10.5. The number of carbonyl (C=O) groups is 1. The van der Waals surface area contributed by atoms with Gasteiger partial charge in [0.05, 0.1) is 18.0 Å². The molecule has 160 valence electrons. The Hall–Kier alpha value is -2.40. The van der Waals surface area contributed by atoms with Gasteiger partial charge in [-0.25, -0.2) is 13.4 Å². The van der Waals surface area contributed by atoms with E-state index in [2.05, 4.69) is 10.3 Å². The number of ether oxygens (including phenoxy) is 1. The van der Waals surface area contributed by atoms with Crippen molar-refractivity contribution >= 4 is 38.9 Å². The number of benzene rings is 1. The van der Waals surface area contributed by atoms with E-state index < -0.39 is 22.0 Å². The van der Waals surface area contributed by atoms with E-state index in [-0.39, 0.29) is 10.8 Å². The lowest BCUT2D eigenvalue weighted by Gasteiger charge is -2.22. The van der Waals surface area contributed by atoms with Crippen LogP contribution >= 0.6 is 22.9 Å². The lowest BCUT2D eigenvalue weighted by atomic mass is 10.1. The van der Waals surface area contributed by atoms with Crippen LogP contribution in [0.2, 0.25) is 4.34 Å². The van der Waals surface area contributed by atoms with Crippen molar-refractivity contribution in [3.05, 3.63) is 64.5 Å². The number of nitrogens with one attached hydrogen (secondary N) is 1. The van der Waals surface area contributed by atoms with Gasteiger partial charge < -0.3 is 14.6 Å². The Kier molecular flexibility index (Phi) is 6.81. The molecule has 0 radical (unpaired) electrons. The summed E-state index contributed by atoms with van der Waals surface area (Å²) in [5, 5.41) is 2.88. The van der Waals surface area contributed by atoms with Gasteiger partial charge in [-0.05, 0) is 29.8 Å². The van der Waals surface area contributed by atoms with Gasteiger partial charge in [0, 0.05) is 26.5 Å². The summed E-state index contributed by atoms with van der Waals surface area (Å²) in [6, 6.07) is 9.60. The van der Waals surface area contributed by atoms with E-state index in [9.17, 15) is 13.2 Å². The van der Waals surface area contributed by atoms with Crippen LogP contribution in [0.15, 0.2) is 53.0 Å². The molecule has 1 unspecified atom stereocenters. The molecule has 8 nitrogen and oxygen atoms in total. The zero-order valence-electron chi connectivity index (χ0n) is 16.6. The number of hydrogen-bond donors (Lipinski definition) is 1. The molecule has 1 aromatic carbocycles. The minimum atomic E-state index is -3.82. The van der Waals surface area contributed by atoms with Crippen LogP contribution < -0.4 is 10.1 Å². The predicted molar refractivity (Wildman–Crippen MR) is 115 cm³/mol. The zero-order chi connectivity index (χ0) is 21.9. The van der Waals surface area contributed by atoms with Gasteiger partial charge in [0.25, 0.3) is 10.0 Å². The number of aromatic nitrogens is 2. The Morgan fingerprint density at radius 2 is 2.13 bits per heavy atom. The summed E-state index contributed by atoms with van der Waals surface area (Å²) < 4.78 is 33.8. The van der Waals surface area contributed by atoms with Crippen LogP contribution in [-0.4, -0.2) is 48.9 Å². The van der Waals surface area contributed by atoms with E-state index in [1.54, 1.807) is 36.2 Å². The Labute approximate surface area is 184 Å². The summed E-state index contributed by atoms with van der Waals surface area (Å²) in [5.41, 5.74) is 0.757. The summed E-state index contributed by atoms with van der Waals surface area (Å²) in [6.07, 6.45) is 3.40. The molecule has 3 aromatic rings. The van der Waals surface area contributed by atoms with Gasteiger partial charge in [-0.15, -0.1) is 11.3 Å². The fourth-order valence-electron chi connectivity index (χ4n) is 2.86. The molecule has 0 bridgehead atoms. The topological polar surface area (TPSA) is 93.5 Å². The third-order valence-electron chi connectivity index (χ3n) is 4.43. The average molecular weight is 469 g/mol. The normalized spacial score (nSPS) is 12.7. The van der Waals surface area contributed by atoms with Crippen molar-refractivity contribution in [2.45, 2.75) is 10.3 Å². The quantitative estimate of drug-likeness (QED) is 0.548. The number of halogens is 1. The van der Waals surface area contributed by atoms with Crippen LogP contribution in [0.4, 0.5) is 0 Å². The van der Waals surface area contributed by atoms with Crippen molar-refractivity contribution < 1.29 is 17.9 Å². The van der Waals surface area contributed by atoms with E-state index in [0.29, 0.717) is 15.9 Å². The molecule has 2 heterocycles. The molecule has 1 N–H and O–H groups in total. The predicted octanol–water partition coefficient (Wildman–Crippen LogP) is 2.67. The summed E-state index contributed by atoms with van der Waals surface area (Å²) in [7, 11) is 0.908. The molecule has 0 aliphatic heterocycles. The number of imidazole rings is 1. The smallest absolute Gasteiger partial charge is 0.252 e. The highest BCUT2D eigenvalue weighted by molar-refractivity contribution is 7.91. The van der Waals surface area contributed by atoms with Crippen LogP contribution in [0, 0.1) is 0 Å². The molecule has 0 aliphatic rings. The number of sulfonamides is 1. The Bertz CT molecular complexity index is 1140. The minimum Gasteiger partial charge on any atom is -0.497 e. The number of rotatable bonds is 8. The van der Waals surface area contributed by atoms with Crippen molar-refractivity contribution in [1.82, 2.24) is 19.2 Å². The van der Waals surface area contributed by atoms with E-state index in [4.69, 9.17) is 16.3 Å². The van der Waals surface area contributed by atoms with E-state index in [1.165, 1.54) is 19.2 Å². The Morgan fingerprint density at radius 3 is 2.73 bits per heavy atom. The molecule has 0 saturated heterocycles. The highest BCUT2D eigenvalue weighted by Gasteiger charge is 2.27. The first kappa shape index (κ1) is 22.3. The van der Waals surface area contributed by atoms with Crippen molar-refractivity contribution in [2.75, 3.05) is 20.7 Å². The summed E-state index contributed by atoms with van der Waals surface area (Å²) >= 11 is 6.79. The van der Waals surface area contributed by atoms with Crippen molar-refractivity contribution in [2.24, 2.45) is 7.05 Å². The standard InChI is InChI=1S/C19H21ClN4O4S2/c1-23-10-9-21-19(23)18(13-5-4-6-14(11-13)28-3)22-16(25)12-24(2)30(26,27)17-8-7-15(20)29-17/h4-11,18H,12H2,1-3H3,(H,22,25). The van der Waals surface area contributed by atoms with Crippen LogP contribution in [0.3, 0.4) is 0 Å². The van der Waals surface area contributed by atoms with Gasteiger partial charge in [-0.3, -0.25) is 4.79 Å². The number of nitrogens with zero attached hydrogens (tertiary/aromatic N) is 3. The summed E-state index contributed by atoms with van der Waals surface area (Å²) in [5.74, 6) is 0.766. The number of thiophene rings is 1. The molecule has 30 heavy (non-hydrogen) atoms. The van der Waals surface area contributed by atoms with E-state index in [1.807, 2.05) is 19.2 Å².